The Morgan fingerprint density at radius 1 is 1.06 bits per heavy atom. The van der Waals surface area contributed by atoms with Crippen molar-refractivity contribution < 1.29 is 4.43 Å². The number of hydrogen-bond donors (Lipinski definition) is 0. The van der Waals surface area contributed by atoms with E-state index >= 15 is 0 Å². The summed E-state index contributed by atoms with van der Waals surface area (Å²) in [5.41, 5.74) is 5.80. The number of fused-ring (bicyclic) bond motifs is 3. The van der Waals surface area contributed by atoms with Gasteiger partial charge in [0.1, 0.15) is 0 Å². The smallest absolute Gasteiger partial charge is 0.192 e. The van der Waals surface area contributed by atoms with Crippen LogP contribution in [0, 0.1) is 0 Å². The van der Waals surface area contributed by atoms with Gasteiger partial charge in [-0.2, -0.15) is 0 Å². The van der Waals surface area contributed by atoms with Crippen LogP contribution in [-0.2, 0) is 10.8 Å². The molecule has 0 saturated heterocycles. The minimum absolute atomic E-state index is 0.548. The van der Waals surface area contributed by atoms with Crippen molar-refractivity contribution in [2.75, 3.05) is 6.61 Å². The first kappa shape index (κ1) is 10.8. The quantitative estimate of drug-likeness (QED) is 0.636. The molecule has 17 heavy (non-hydrogen) atoms. The molecule has 0 bridgehead atoms. The lowest BCUT2D eigenvalue weighted by atomic mass is 10.1. The van der Waals surface area contributed by atoms with Gasteiger partial charge in [-0.15, -0.1) is 0 Å². The third-order valence-corrected chi connectivity index (χ3v) is 5.00. The van der Waals surface area contributed by atoms with Crippen molar-refractivity contribution in [2.24, 2.45) is 0 Å². The fourth-order valence-corrected chi connectivity index (χ4v) is 3.72. The van der Waals surface area contributed by atoms with E-state index < -0.39 is 9.76 Å². The molecule has 2 aromatic carbocycles. The summed E-state index contributed by atoms with van der Waals surface area (Å²) in [6.45, 7) is 2.91. The van der Waals surface area contributed by atoms with E-state index in [1.54, 1.807) is 0 Å². The Morgan fingerprint density at radius 2 is 1.88 bits per heavy atom. The van der Waals surface area contributed by atoms with Crippen LogP contribution in [-0.4, -0.2) is 16.4 Å². The van der Waals surface area contributed by atoms with E-state index in [0.717, 1.165) is 13.0 Å². The molecule has 0 saturated carbocycles. The SMILES string of the molecule is CCO[SiH2]c1cccc2c1Cc1ccccc1-2. The molecule has 0 atom stereocenters. The van der Waals surface area contributed by atoms with Gasteiger partial charge in [-0.05, 0) is 40.8 Å². The maximum absolute atomic E-state index is 5.68. The largest absolute Gasteiger partial charge is 0.419 e. The van der Waals surface area contributed by atoms with Crippen LogP contribution < -0.4 is 5.19 Å². The molecule has 0 aliphatic heterocycles. The third-order valence-electron chi connectivity index (χ3n) is 3.41. The molecule has 0 spiro atoms. The molecule has 0 aromatic heterocycles. The minimum atomic E-state index is -0.548. The summed E-state index contributed by atoms with van der Waals surface area (Å²) in [4.78, 5) is 0. The number of benzene rings is 2. The second-order valence-electron chi connectivity index (χ2n) is 4.41. The normalized spacial score (nSPS) is 13.0. The van der Waals surface area contributed by atoms with E-state index in [4.69, 9.17) is 4.43 Å². The molecule has 1 aliphatic carbocycles. The predicted molar refractivity (Wildman–Crippen MR) is 74.5 cm³/mol. The zero-order chi connectivity index (χ0) is 11.7. The van der Waals surface area contributed by atoms with Crippen molar-refractivity contribution >= 4 is 14.9 Å². The molecule has 0 radical (unpaired) electrons. The van der Waals surface area contributed by atoms with Crippen LogP contribution in [0.15, 0.2) is 42.5 Å². The lowest BCUT2D eigenvalue weighted by Gasteiger charge is -2.07. The highest BCUT2D eigenvalue weighted by Crippen LogP contribution is 2.34. The van der Waals surface area contributed by atoms with Crippen LogP contribution in [0.2, 0.25) is 0 Å². The van der Waals surface area contributed by atoms with E-state index in [9.17, 15) is 0 Å². The first-order chi connectivity index (χ1) is 8.40. The first-order valence-electron chi connectivity index (χ1n) is 6.17. The van der Waals surface area contributed by atoms with Crippen LogP contribution in [0.4, 0.5) is 0 Å². The first-order valence-corrected chi connectivity index (χ1v) is 7.45. The van der Waals surface area contributed by atoms with Gasteiger partial charge in [0.2, 0.25) is 0 Å². The van der Waals surface area contributed by atoms with Gasteiger partial charge in [-0.1, -0.05) is 42.5 Å². The minimum Gasteiger partial charge on any atom is -0.419 e. The van der Waals surface area contributed by atoms with E-state index in [1.165, 1.54) is 27.4 Å². The molecule has 0 amide bonds. The Morgan fingerprint density at radius 3 is 2.76 bits per heavy atom. The molecule has 1 nitrogen and oxygen atoms in total. The molecule has 0 fully saturated rings. The van der Waals surface area contributed by atoms with Gasteiger partial charge in [0.25, 0.3) is 0 Å². The van der Waals surface area contributed by atoms with Crippen molar-refractivity contribution in [1.82, 2.24) is 0 Å². The molecule has 3 rings (SSSR count). The monoisotopic (exact) mass is 240 g/mol. The van der Waals surface area contributed by atoms with Crippen LogP contribution in [0.3, 0.4) is 0 Å². The molecule has 0 unspecified atom stereocenters. The summed E-state index contributed by atoms with van der Waals surface area (Å²) >= 11 is 0. The van der Waals surface area contributed by atoms with E-state index in [-0.39, 0.29) is 0 Å². The summed E-state index contributed by atoms with van der Waals surface area (Å²) in [7, 11) is -0.548. The van der Waals surface area contributed by atoms with Gasteiger partial charge >= 0.3 is 0 Å². The highest BCUT2D eigenvalue weighted by Gasteiger charge is 2.19. The summed E-state index contributed by atoms with van der Waals surface area (Å²) in [5.74, 6) is 0. The Labute approximate surface area is 104 Å². The molecule has 2 aromatic rings. The van der Waals surface area contributed by atoms with E-state index in [1.807, 2.05) is 0 Å². The maximum Gasteiger partial charge on any atom is 0.192 e. The second-order valence-corrected chi connectivity index (χ2v) is 5.87. The van der Waals surface area contributed by atoms with Crippen LogP contribution in [0.5, 0.6) is 0 Å². The van der Waals surface area contributed by atoms with Gasteiger partial charge in [0.05, 0.1) is 0 Å². The van der Waals surface area contributed by atoms with Gasteiger partial charge in [-0.3, -0.25) is 0 Å². The van der Waals surface area contributed by atoms with Gasteiger partial charge < -0.3 is 4.43 Å². The zero-order valence-electron chi connectivity index (χ0n) is 10.1. The molecular weight excluding hydrogens is 224 g/mol. The van der Waals surface area contributed by atoms with Crippen LogP contribution in [0.25, 0.3) is 11.1 Å². The van der Waals surface area contributed by atoms with Crippen molar-refractivity contribution in [1.29, 1.82) is 0 Å². The average Bonchev–Trinajstić information content (AvgIpc) is 2.75. The van der Waals surface area contributed by atoms with Crippen LogP contribution >= 0.6 is 0 Å². The standard InChI is InChI=1S/C15H16OSi/c1-2-16-17-15-9-5-8-13-12-7-4-3-6-11(12)10-14(13)15/h3-9H,2,10,17H2,1H3. The topological polar surface area (TPSA) is 9.23 Å². The predicted octanol–water partition coefficient (Wildman–Crippen LogP) is 2.00. The zero-order valence-corrected chi connectivity index (χ0v) is 11.5. The highest BCUT2D eigenvalue weighted by molar-refractivity contribution is 6.48. The van der Waals surface area contributed by atoms with Crippen molar-refractivity contribution in [3.63, 3.8) is 0 Å². The maximum atomic E-state index is 5.68. The Bertz CT molecular complexity index is 548. The summed E-state index contributed by atoms with van der Waals surface area (Å²) in [6.07, 6.45) is 1.09. The molecule has 1 aliphatic rings. The lowest BCUT2D eigenvalue weighted by Crippen LogP contribution is -2.21. The number of hydrogen-bond acceptors (Lipinski definition) is 1. The molecular formula is C15H16OSi. The van der Waals surface area contributed by atoms with Gasteiger partial charge in [0.15, 0.2) is 9.76 Å². The molecule has 86 valence electrons. The molecule has 0 N–H and O–H groups in total. The Hall–Kier alpha value is -1.38. The fourth-order valence-electron chi connectivity index (χ4n) is 2.57. The van der Waals surface area contributed by atoms with E-state index in [2.05, 4.69) is 49.4 Å². The lowest BCUT2D eigenvalue weighted by molar-refractivity contribution is 0.367. The van der Waals surface area contributed by atoms with Crippen molar-refractivity contribution in [3.8, 4) is 11.1 Å². The highest BCUT2D eigenvalue weighted by atomic mass is 28.2. The molecule has 2 heteroatoms. The molecule has 0 heterocycles. The van der Waals surface area contributed by atoms with Gasteiger partial charge in [0, 0.05) is 6.61 Å². The Balaban J connectivity index is 2.05. The fraction of sp³-hybridized carbons (Fsp3) is 0.200. The van der Waals surface area contributed by atoms with Crippen molar-refractivity contribution in [2.45, 2.75) is 13.3 Å². The van der Waals surface area contributed by atoms with Crippen LogP contribution in [0.1, 0.15) is 18.1 Å². The summed E-state index contributed by atoms with van der Waals surface area (Å²) in [6, 6.07) is 15.4. The summed E-state index contributed by atoms with van der Waals surface area (Å²) < 4.78 is 5.68. The third kappa shape index (κ3) is 1.83. The second kappa shape index (κ2) is 4.47. The number of rotatable bonds is 3. The van der Waals surface area contributed by atoms with Crippen molar-refractivity contribution in [3.05, 3.63) is 53.6 Å². The average molecular weight is 240 g/mol. The van der Waals surface area contributed by atoms with E-state index in [0.29, 0.717) is 0 Å². The Kier molecular flexibility index (Phi) is 2.83. The van der Waals surface area contributed by atoms with Gasteiger partial charge in [-0.25, -0.2) is 0 Å². The summed E-state index contributed by atoms with van der Waals surface area (Å²) in [5, 5.41) is 1.47.